The fourth-order valence-electron chi connectivity index (χ4n) is 4.25. The van der Waals surface area contributed by atoms with Gasteiger partial charge in [-0.25, -0.2) is 0 Å². The number of aromatic amines is 1. The highest BCUT2D eigenvalue weighted by Crippen LogP contribution is 2.35. The zero-order valence-corrected chi connectivity index (χ0v) is 21.0. The molecule has 8 heteroatoms. The normalized spacial score (nSPS) is 11.9. The Balaban J connectivity index is 1.42. The van der Waals surface area contributed by atoms with Crippen molar-refractivity contribution in [2.75, 3.05) is 25.8 Å². The van der Waals surface area contributed by atoms with Crippen LogP contribution in [0.25, 0.3) is 10.9 Å². The summed E-state index contributed by atoms with van der Waals surface area (Å²) in [5.41, 5.74) is 4.40. The van der Waals surface area contributed by atoms with Gasteiger partial charge in [0.1, 0.15) is 5.75 Å². The summed E-state index contributed by atoms with van der Waals surface area (Å²) in [6.07, 6.45) is 0.784. The van der Waals surface area contributed by atoms with Gasteiger partial charge < -0.3 is 29.4 Å². The Morgan fingerprint density at radius 1 is 1.08 bits per heavy atom. The number of rotatable bonds is 7. The summed E-state index contributed by atoms with van der Waals surface area (Å²) in [5.74, 6) is 2.04. The van der Waals surface area contributed by atoms with E-state index >= 15 is 0 Å². The van der Waals surface area contributed by atoms with Crippen LogP contribution < -0.4 is 25.1 Å². The van der Waals surface area contributed by atoms with Crippen molar-refractivity contribution < 1.29 is 14.2 Å². The van der Waals surface area contributed by atoms with Gasteiger partial charge in [0.25, 0.3) is 5.56 Å². The van der Waals surface area contributed by atoms with Crippen LogP contribution in [0.4, 0.5) is 5.69 Å². The highest BCUT2D eigenvalue weighted by molar-refractivity contribution is 7.80. The lowest BCUT2D eigenvalue weighted by Crippen LogP contribution is -2.37. The van der Waals surface area contributed by atoms with Gasteiger partial charge in [0.15, 0.2) is 16.6 Å². The van der Waals surface area contributed by atoms with Gasteiger partial charge in [0.05, 0.1) is 19.2 Å². The van der Waals surface area contributed by atoms with Gasteiger partial charge in [-0.3, -0.25) is 4.79 Å². The minimum atomic E-state index is -0.161. The molecule has 0 aliphatic carbocycles. The number of nitrogens with one attached hydrogen (secondary N) is 2. The van der Waals surface area contributed by atoms with E-state index in [1.807, 2.05) is 41.3 Å². The molecule has 1 aliphatic rings. The lowest BCUT2D eigenvalue weighted by atomic mass is 10.1. The second-order valence-corrected chi connectivity index (χ2v) is 9.13. The number of fused-ring (bicyclic) bond motifs is 2. The Bertz CT molecular complexity index is 1480. The molecule has 2 N–H and O–H groups in total. The minimum absolute atomic E-state index is 0.161. The minimum Gasteiger partial charge on any atom is -0.497 e. The zero-order chi connectivity index (χ0) is 25.1. The van der Waals surface area contributed by atoms with Crippen LogP contribution in [0, 0.1) is 6.92 Å². The van der Waals surface area contributed by atoms with E-state index in [1.54, 1.807) is 13.2 Å². The van der Waals surface area contributed by atoms with E-state index in [1.165, 1.54) is 11.1 Å². The Morgan fingerprint density at radius 2 is 1.89 bits per heavy atom. The fourth-order valence-corrected chi connectivity index (χ4v) is 4.53. The third-order valence-corrected chi connectivity index (χ3v) is 6.50. The number of aromatic nitrogens is 1. The second-order valence-electron chi connectivity index (χ2n) is 8.74. The van der Waals surface area contributed by atoms with E-state index in [2.05, 4.69) is 41.5 Å². The Kier molecular flexibility index (Phi) is 6.77. The van der Waals surface area contributed by atoms with Gasteiger partial charge in [0.2, 0.25) is 6.79 Å². The number of anilines is 1. The first kappa shape index (κ1) is 23.7. The summed E-state index contributed by atoms with van der Waals surface area (Å²) < 4.78 is 16.3. The summed E-state index contributed by atoms with van der Waals surface area (Å²) in [6, 6.07) is 21.6. The quantitative estimate of drug-likeness (QED) is 0.345. The van der Waals surface area contributed by atoms with E-state index in [9.17, 15) is 4.79 Å². The summed E-state index contributed by atoms with van der Waals surface area (Å²) in [5, 5.41) is 4.71. The average molecular weight is 502 g/mol. The molecule has 4 aromatic rings. The highest BCUT2D eigenvalue weighted by atomic mass is 32.1. The molecule has 1 aromatic heterocycles. The Hall–Kier alpha value is -4.04. The maximum absolute atomic E-state index is 13.0. The first-order chi connectivity index (χ1) is 17.5. The summed E-state index contributed by atoms with van der Waals surface area (Å²) in [7, 11) is 1.63. The summed E-state index contributed by atoms with van der Waals surface area (Å²) >= 11 is 5.81. The van der Waals surface area contributed by atoms with Gasteiger partial charge >= 0.3 is 0 Å². The SMILES string of the molecule is COc1cccc(NC(=S)N(CCc2cccc(C)c2)Cc2cc3cc4c(cc3[nH]c2=O)OCO4)c1. The smallest absolute Gasteiger partial charge is 0.253 e. The van der Waals surface area contributed by atoms with E-state index in [-0.39, 0.29) is 12.4 Å². The molecule has 1 aliphatic heterocycles. The number of hydrogen-bond acceptors (Lipinski definition) is 5. The zero-order valence-electron chi connectivity index (χ0n) is 20.2. The maximum Gasteiger partial charge on any atom is 0.253 e. The van der Waals surface area contributed by atoms with Crippen LogP contribution in [-0.4, -0.2) is 35.4 Å². The van der Waals surface area contributed by atoms with E-state index in [4.69, 9.17) is 26.4 Å². The molecule has 5 rings (SSSR count). The molecule has 0 radical (unpaired) electrons. The maximum atomic E-state index is 13.0. The van der Waals surface area contributed by atoms with Crippen LogP contribution >= 0.6 is 12.2 Å². The molecule has 0 unspecified atom stereocenters. The van der Waals surface area contributed by atoms with Crippen molar-refractivity contribution in [3.05, 3.63) is 93.8 Å². The molecule has 0 bridgehead atoms. The monoisotopic (exact) mass is 501 g/mol. The van der Waals surface area contributed by atoms with Gasteiger partial charge in [-0.05, 0) is 55.4 Å². The predicted octanol–water partition coefficient (Wildman–Crippen LogP) is 5.02. The van der Waals surface area contributed by atoms with Gasteiger partial charge in [0, 0.05) is 35.3 Å². The van der Waals surface area contributed by atoms with Crippen LogP contribution in [0.5, 0.6) is 17.2 Å². The van der Waals surface area contributed by atoms with E-state index in [0.29, 0.717) is 40.8 Å². The van der Waals surface area contributed by atoms with Crippen LogP contribution in [-0.2, 0) is 13.0 Å². The van der Waals surface area contributed by atoms with Gasteiger partial charge in [-0.15, -0.1) is 0 Å². The van der Waals surface area contributed by atoms with Crippen molar-refractivity contribution in [2.45, 2.75) is 19.9 Å². The molecular formula is C28H27N3O4S. The predicted molar refractivity (Wildman–Crippen MR) is 145 cm³/mol. The lowest BCUT2D eigenvalue weighted by Gasteiger charge is -2.26. The molecule has 0 amide bonds. The molecular weight excluding hydrogens is 474 g/mol. The van der Waals surface area contributed by atoms with Gasteiger partial charge in [-0.2, -0.15) is 0 Å². The van der Waals surface area contributed by atoms with E-state index in [0.717, 1.165) is 23.2 Å². The molecule has 0 atom stereocenters. The average Bonchev–Trinajstić information content (AvgIpc) is 3.32. The number of ether oxygens (including phenoxy) is 3. The standard InChI is InChI=1S/C28H27N3O4S/c1-18-5-3-6-19(11-18)9-10-31(28(36)29-22-7-4-8-23(14-22)33-2)16-21-12-20-13-25-26(35-17-34-25)15-24(20)30-27(21)32/h3-8,11-15H,9-10,16-17H2,1-2H3,(H,29,36)(H,30,32). The first-order valence-corrected chi connectivity index (χ1v) is 12.1. The van der Waals surface area contributed by atoms with Crippen LogP contribution in [0.1, 0.15) is 16.7 Å². The molecule has 3 aromatic carbocycles. The lowest BCUT2D eigenvalue weighted by molar-refractivity contribution is 0.174. The number of hydrogen-bond donors (Lipinski definition) is 2. The number of aryl methyl sites for hydroxylation is 1. The highest BCUT2D eigenvalue weighted by Gasteiger charge is 2.18. The topological polar surface area (TPSA) is 75.8 Å². The number of methoxy groups -OCH3 is 1. The second kappa shape index (κ2) is 10.3. The van der Waals surface area contributed by atoms with Crippen molar-refractivity contribution in [3.63, 3.8) is 0 Å². The number of benzene rings is 3. The number of nitrogens with zero attached hydrogens (tertiary/aromatic N) is 1. The molecule has 2 heterocycles. The van der Waals surface area contributed by atoms with E-state index < -0.39 is 0 Å². The van der Waals surface area contributed by atoms with Crippen molar-refractivity contribution in [3.8, 4) is 17.2 Å². The van der Waals surface area contributed by atoms with Crippen LogP contribution in [0.2, 0.25) is 0 Å². The number of thiocarbonyl (C=S) groups is 1. The van der Waals surface area contributed by atoms with Crippen LogP contribution in [0.3, 0.4) is 0 Å². The van der Waals surface area contributed by atoms with Gasteiger partial charge in [-0.1, -0.05) is 35.9 Å². The molecule has 184 valence electrons. The van der Waals surface area contributed by atoms with Crippen LogP contribution in [0.15, 0.2) is 71.5 Å². The molecule has 0 saturated heterocycles. The van der Waals surface area contributed by atoms with Crippen molar-refractivity contribution in [2.24, 2.45) is 0 Å². The first-order valence-electron chi connectivity index (χ1n) is 11.7. The summed E-state index contributed by atoms with van der Waals surface area (Å²) in [4.78, 5) is 18.0. The molecule has 36 heavy (non-hydrogen) atoms. The fraction of sp³-hybridized carbons (Fsp3) is 0.214. The third kappa shape index (κ3) is 5.28. The van der Waals surface area contributed by atoms with Crippen molar-refractivity contribution in [1.29, 1.82) is 0 Å². The molecule has 0 saturated carbocycles. The molecule has 7 nitrogen and oxygen atoms in total. The number of pyridine rings is 1. The molecule has 0 spiro atoms. The summed E-state index contributed by atoms with van der Waals surface area (Å²) in [6.45, 7) is 3.25. The largest absolute Gasteiger partial charge is 0.497 e. The number of H-pyrrole nitrogens is 1. The van der Waals surface area contributed by atoms with Crippen molar-refractivity contribution in [1.82, 2.24) is 9.88 Å². The Morgan fingerprint density at radius 3 is 2.69 bits per heavy atom. The molecule has 0 fully saturated rings. The van der Waals surface area contributed by atoms with Crippen molar-refractivity contribution >= 4 is 33.9 Å². The Labute approximate surface area is 214 Å². The third-order valence-electron chi connectivity index (χ3n) is 6.14.